The lowest BCUT2D eigenvalue weighted by Crippen LogP contribution is -2.43. The van der Waals surface area contributed by atoms with Gasteiger partial charge < -0.3 is 15.8 Å². The minimum atomic E-state index is -0.352. The van der Waals surface area contributed by atoms with Crippen LogP contribution < -0.4 is 25.9 Å². The van der Waals surface area contributed by atoms with E-state index in [4.69, 9.17) is 15.5 Å². The van der Waals surface area contributed by atoms with Crippen LogP contribution in [0, 0.1) is 6.92 Å². The van der Waals surface area contributed by atoms with Gasteiger partial charge >= 0.3 is 0 Å². The topological polar surface area (TPSA) is 103 Å². The zero-order chi connectivity index (χ0) is 25.9. The zero-order valence-electron chi connectivity index (χ0n) is 20.8. The number of fused-ring (bicyclic) bond motifs is 2. The molecule has 0 saturated carbocycles. The van der Waals surface area contributed by atoms with Crippen LogP contribution in [0.3, 0.4) is 0 Å². The van der Waals surface area contributed by atoms with Gasteiger partial charge in [-0.1, -0.05) is 53.5 Å². The van der Waals surface area contributed by atoms with Crippen LogP contribution in [0.5, 0.6) is 5.75 Å². The summed E-state index contributed by atoms with van der Waals surface area (Å²) in [7, 11) is 1.63. The Morgan fingerprint density at radius 1 is 1.05 bits per heavy atom. The van der Waals surface area contributed by atoms with Crippen molar-refractivity contribution < 1.29 is 14.1 Å². The number of hydrogen-bond donors (Lipinski definition) is 2. The average Bonchev–Trinajstić information content (AvgIpc) is 2.92. The molecular weight excluding hydrogens is 466 g/mol. The normalized spacial score (nSPS) is 11.1. The van der Waals surface area contributed by atoms with Crippen molar-refractivity contribution in [1.29, 1.82) is 0 Å². The third kappa shape index (κ3) is 4.73. The Hall–Kier alpha value is -4.72. The molecule has 8 nitrogen and oxygen atoms in total. The van der Waals surface area contributed by atoms with Crippen LogP contribution in [0.1, 0.15) is 27.0 Å². The summed E-state index contributed by atoms with van der Waals surface area (Å²) in [5.74, 6) is 0.682. The van der Waals surface area contributed by atoms with E-state index in [2.05, 4.69) is 5.32 Å². The van der Waals surface area contributed by atoms with Gasteiger partial charge in [0.2, 0.25) is 11.5 Å². The molecule has 5 aromatic rings. The number of benzene rings is 2. The maximum absolute atomic E-state index is 13.5. The summed E-state index contributed by atoms with van der Waals surface area (Å²) in [5, 5.41) is 3.26. The van der Waals surface area contributed by atoms with Gasteiger partial charge in [-0.2, -0.15) is 0 Å². The quantitative estimate of drug-likeness (QED) is 0.267. The Morgan fingerprint density at radius 3 is 2.54 bits per heavy atom. The number of nitrogens with two attached hydrogens (primary N) is 1. The van der Waals surface area contributed by atoms with Crippen molar-refractivity contribution in [3.8, 4) is 5.75 Å². The highest BCUT2D eigenvalue weighted by molar-refractivity contribution is 6.00. The molecule has 0 radical (unpaired) electrons. The van der Waals surface area contributed by atoms with Crippen molar-refractivity contribution >= 4 is 28.4 Å². The van der Waals surface area contributed by atoms with Gasteiger partial charge in [0.05, 0.1) is 13.7 Å². The smallest absolute Gasteiger partial charge is 0.278 e. The fourth-order valence-corrected chi connectivity index (χ4v) is 4.43. The van der Waals surface area contributed by atoms with Crippen LogP contribution in [0.4, 0.5) is 5.82 Å². The number of rotatable bonds is 7. The van der Waals surface area contributed by atoms with Crippen LogP contribution in [0.2, 0.25) is 0 Å². The number of pyridine rings is 2. The summed E-state index contributed by atoms with van der Waals surface area (Å²) >= 11 is 0. The number of nitrogens with one attached hydrogen (secondary N) is 1. The minimum Gasteiger partial charge on any atom is -0.497 e. The standard InChI is InChI=1S/C29H27N5O3/c1-19-7-6-15-34-26(19)32-27-24(29(34)36)17-23(28(35)31-18-21-8-4-3-5-9-21)25(30)33(27)16-14-20-10-12-22(37-2)13-11-20/h3-13,15,17,30H,14,16,18H2,1-2H3,(H,31,35)/p+1. The van der Waals surface area contributed by atoms with E-state index < -0.39 is 0 Å². The van der Waals surface area contributed by atoms with Crippen LogP contribution in [-0.4, -0.2) is 22.4 Å². The molecule has 0 atom stereocenters. The summed E-state index contributed by atoms with van der Waals surface area (Å²) in [4.78, 5) is 31.6. The van der Waals surface area contributed by atoms with E-state index in [0.29, 0.717) is 36.2 Å². The van der Waals surface area contributed by atoms with Crippen molar-refractivity contribution in [2.24, 2.45) is 0 Å². The molecule has 8 heteroatoms. The molecule has 186 valence electrons. The molecule has 0 unspecified atom stereocenters. The first-order valence-electron chi connectivity index (χ1n) is 12.1. The molecule has 1 amide bonds. The molecule has 2 aromatic carbocycles. The summed E-state index contributed by atoms with van der Waals surface area (Å²) in [6.07, 6.45) is 2.31. The Bertz CT molecular complexity index is 1660. The lowest BCUT2D eigenvalue weighted by Gasteiger charge is -2.13. The number of nitrogens with zero attached hydrogens (tertiary/aromatic N) is 3. The van der Waals surface area contributed by atoms with Crippen molar-refractivity contribution in [2.75, 3.05) is 12.8 Å². The summed E-state index contributed by atoms with van der Waals surface area (Å²) in [5.41, 5.74) is 10.5. The van der Waals surface area contributed by atoms with Gasteiger partial charge in [0, 0.05) is 24.7 Å². The molecule has 3 aromatic heterocycles. The first-order chi connectivity index (χ1) is 18.0. The van der Waals surface area contributed by atoms with Crippen molar-refractivity contribution in [1.82, 2.24) is 14.7 Å². The highest BCUT2D eigenvalue weighted by Crippen LogP contribution is 2.17. The van der Waals surface area contributed by atoms with Gasteiger partial charge in [0.1, 0.15) is 16.7 Å². The number of anilines is 1. The number of carbonyl (C=O) groups is 1. The van der Waals surface area contributed by atoms with Crippen molar-refractivity contribution in [3.63, 3.8) is 0 Å². The van der Waals surface area contributed by atoms with Crippen LogP contribution in [0.15, 0.2) is 83.8 Å². The number of hydrogen-bond acceptors (Lipinski definition) is 5. The van der Waals surface area contributed by atoms with Crippen LogP contribution in [0.25, 0.3) is 16.7 Å². The van der Waals surface area contributed by atoms with E-state index in [9.17, 15) is 9.59 Å². The van der Waals surface area contributed by atoms with Crippen molar-refractivity contribution in [3.05, 3.63) is 112 Å². The first kappa shape index (κ1) is 24.0. The zero-order valence-corrected chi connectivity index (χ0v) is 20.8. The van der Waals surface area contributed by atoms with Crippen molar-refractivity contribution in [2.45, 2.75) is 26.4 Å². The molecule has 0 spiro atoms. The minimum absolute atomic E-state index is 0.240. The Morgan fingerprint density at radius 2 is 1.81 bits per heavy atom. The summed E-state index contributed by atoms with van der Waals surface area (Å²) < 4.78 is 8.53. The van der Waals surface area contributed by atoms with Gasteiger partial charge in [-0.3, -0.25) is 14.0 Å². The maximum Gasteiger partial charge on any atom is 0.278 e. The molecule has 3 heterocycles. The molecule has 5 rings (SSSR count). The van der Waals surface area contributed by atoms with Crippen LogP contribution >= 0.6 is 0 Å². The van der Waals surface area contributed by atoms with E-state index >= 15 is 0 Å². The molecule has 3 N–H and O–H groups in total. The lowest BCUT2D eigenvalue weighted by atomic mass is 10.1. The molecule has 0 aliphatic rings. The third-order valence-corrected chi connectivity index (χ3v) is 6.50. The lowest BCUT2D eigenvalue weighted by molar-refractivity contribution is -0.658. The maximum atomic E-state index is 13.5. The van der Waals surface area contributed by atoms with E-state index in [-0.39, 0.29) is 22.8 Å². The Labute approximate surface area is 214 Å². The first-order valence-corrected chi connectivity index (χ1v) is 12.1. The number of carbonyl (C=O) groups excluding carboxylic acids is 1. The molecule has 0 fully saturated rings. The van der Waals surface area contributed by atoms with E-state index in [1.807, 2.05) is 67.6 Å². The molecule has 0 saturated heterocycles. The van der Waals surface area contributed by atoms with Gasteiger partial charge in [0.15, 0.2) is 0 Å². The van der Waals surface area contributed by atoms with E-state index in [0.717, 1.165) is 22.4 Å². The highest BCUT2D eigenvalue weighted by atomic mass is 16.5. The second-order valence-corrected chi connectivity index (χ2v) is 8.90. The fourth-order valence-electron chi connectivity index (χ4n) is 4.43. The predicted molar refractivity (Wildman–Crippen MR) is 143 cm³/mol. The molecular formula is C29H28N5O3+. The number of nitrogen functional groups attached to an aromatic ring is 1. The largest absolute Gasteiger partial charge is 0.497 e. The van der Waals surface area contributed by atoms with E-state index in [1.165, 1.54) is 4.40 Å². The summed E-state index contributed by atoms with van der Waals surface area (Å²) in [6, 6.07) is 22.7. The van der Waals surface area contributed by atoms with Gasteiger partial charge in [-0.15, -0.1) is 0 Å². The molecule has 0 aliphatic heterocycles. The molecule has 0 bridgehead atoms. The Balaban J connectivity index is 1.60. The van der Waals surface area contributed by atoms with Crippen LogP contribution in [-0.2, 0) is 19.5 Å². The second-order valence-electron chi connectivity index (χ2n) is 8.90. The molecule has 37 heavy (non-hydrogen) atoms. The average molecular weight is 495 g/mol. The van der Waals surface area contributed by atoms with Gasteiger partial charge in [0.25, 0.3) is 17.1 Å². The number of aryl methyl sites for hydroxylation is 3. The number of amides is 1. The SMILES string of the molecule is COc1ccc(CC[n+]2c(N)c(C(=O)NCc3ccccc3)cc3c(=O)n4cccc(C)c4nc32)cc1. The Kier molecular flexibility index (Phi) is 6.55. The predicted octanol–water partition coefficient (Wildman–Crippen LogP) is 3.21. The van der Waals surface area contributed by atoms with Gasteiger partial charge in [-0.25, -0.2) is 4.57 Å². The number of methoxy groups -OCH3 is 1. The van der Waals surface area contributed by atoms with Gasteiger partial charge in [-0.05, 0) is 42.3 Å². The second kappa shape index (κ2) is 10.1. The monoisotopic (exact) mass is 494 g/mol. The summed E-state index contributed by atoms with van der Waals surface area (Å²) in [6.45, 7) is 2.68. The number of ether oxygens (including phenoxy) is 1. The fraction of sp³-hybridized carbons (Fsp3) is 0.172. The third-order valence-electron chi connectivity index (χ3n) is 6.50. The highest BCUT2D eigenvalue weighted by Gasteiger charge is 2.24. The van der Waals surface area contributed by atoms with E-state index in [1.54, 1.807) is 30.0 Å². The molecule has 0 aliphatic carbocycles. The number of aromatic nitrogens is 3.